The summed E-state index contributed by atoms with van der Waals surface area (Å²) in [6.07, 6.45) is 1.69. The quantitative estimate of drug-likeness (QED) is 0.768. The first-order valence-corrected chi connectivity index (χ1v) is 8.07. The molecule has 116 valence electrons. The van der Waals surface area contributed by atoms with Gasteiger partial charge in [-0.15, -0.1) is 0 Å². The van der Waals surface area contributed by atoms with Crippen LogP contribution >= 0.6 is 15.9 Å². The largest absolute Gasteiger partial charge is 0.381 e. The lowest BCUT2D eigenvalue weighted by Crippen LogP contribution is -2.27. The first kappa shape index (κ1) is 15.4. The Kier molecular flexibility index (Phi) is 4.14. The Bertz CT molecular complexity index is 807. The molecule has 0 radical (unpaired) electrons. The molecule has 0 spiro atoms. The molecule has 0 unspecified atom stereocenters. The van der Waals surface area contributed by atoms with Crippen LogP contribution in [0, 0.1) is 0 Å². The Morgan fingerprint density at radius 3 is 2.68 bits per heavy atom. The molecule has 1 fully saturated rings. The number of carbonyl (C=O) groups is 1. The van der Waals surface area contributed by atoms with E-state index in [0.717, 1.165) is 18.7 Å². The van der Waals surface area contributed by atoms with Crippen LogP contribution in [-0.4, -0.2) is 28.5 Å². The summed E-state index contributed by atoms with van der Waals surface area (Å²) in [4.78, 5) is 29.3. The molecular formula is C16H17BrN2O3. The van der Waals surface area contributed by atoms with Gasteiger partial charge in [0.2, 0.25) is 0 Å². The Hall–Kier alpha value is -1.53. The molecule has 0 N–H and O–H groups in total. The van der Waals surface area contributed by atoms with E-state index in [1.807, 2.05) is 0 Å². The lowest BCUT2D eigenvalue weighted by molar-refractivity contribution is 0.0828. The van der Waals surface area contributed by atoms with E-state index < -0.39 is 0 Å². The number of halogens is 1. The number of hydrogen-bond donors (Lipinski definition) is 0. The summed E-state index contributed by atoms with van der Waals surface area (Å²) in [6, 6.07) is 3.45. The van der Waals surface area contributed by atoms with Crippen molar-refractivity contribution in [2.45, 2.75) is 25.7 Å². The second kappa shape index (κ2) is 5.93. The van der Waals surface area contributed by atoms with Crippen LogP contribution in [0.5, 0.6) is 0 Å². The summed E-state index contributed by atoms with van der Waals surface area (Å²) < 4.78 is 7.70. The van der Waals surface area contributed by atoms with Crippen molar-refractivity contribution in [3.8, 4) is 0 Å². The summed E-state index contributed by atoms with van der Waals surface area (Å²) >= 11 is 3.36. The van der Waals surface area contributed by atoms with Crippen LogP contribution in [0.25, 0.3) is 10.9 Å². The number of rotatable bonds is 2. The first-order valence-electron chi connectivity index (χ1n) is 7.28. The molecule has 0 amide bonds. The molecule has 5 nitrogen and oxygen atoms in total. The SMILES string of the molecule is CC(=O)c1cc(Br)cc2c(=O)n(C)c(C3CCOCC3)nc12. The maximum absolute atomic E-state index is 12.7. The molecule has 1 aromatic carbocycles. The van der Waals surface area contributed by atoms with E-state index in [-0.39, 0.29) is 17.3 Å². The zero-order valence-corrected chi connectivity index (χ0v) is 14.1. The van der Waals surface area contributed by atoms with Gasteiger partial charge in [0.05, 0.1) is 10.9 Å². The Balaban J connectivity index is 2.29. The number of benzene rings is 1. The number of ketones is 1. The van der Waals surface area contributed by atoms with Crippen molar-refractivity contribution in [3.05, 3.63) is 38.3 Å². The van der Waals surface area contributed by atoms with E-state index in [0.29, 0.717) is 34.2 Å². The molecule has 22 heavy (non-hydrogen) atoms. The highest BCUT2D eigenvalue weighted by Crippen LogP contribution is 2.27. The van der Waals surface area contributed by atoms with E-state index in [1.54, 1.807) is 23.7 Å². The minimum atomic E-state index is -0.115. The van der Waals surface area contributed by atoms with E-state index in [9.17, 15) is 9.59 Å². The maximum Gasteiger partial charge on any atom is 0.261 e. The zero-order valence-electron chi connectivity index (χ0n) is 12.6. The number of ether oxygens (including phenoxy) is 1. The highest BCUT2D eigenvalue weighted by atomic mass is 79.9. The third-order valence-electron chi connectivity index (χ3n) is 4.15. The third kappa shape index (κ3) is 2.61. The van der Waals surface area contributed by atoms with Gasteiger partial charge in [0.15, 0.2) is 5.78 Å². The number of carbonyl (C=O) groups excluding carboxylic acids is 1. The van der Waals surface area contributed by atoms with E-state index >= 15 is 0 Å². The van der Waals surface area contributed by atoms with Crippen LogP contribution in [0.2, 0.25) is 0 Å². The summed E-state index contributed by atoms with van der Waals surface area (Å²) in [5, 5.41) is 0.470. The van der Waals surface area contributed by atoms with Crippen LogP contribution in [0.15, 0.2) is 21.4 Å². The van der Waals surface area contributed by atoms with Gasteiger partial charge in [-0.3, -0.25) is 14.2 Å². The number of Topliss-reactive ketones (excluding diaryl/α,β-unsaturated/α-hetero) is 1. The van der Waals surface area contributed by atoms with Crippen molar-refractivity contribution in [3.63, 3.8) is 0 Å². The van der Waals surface area contributed by atoms with Gasteiger partial charge in [-0.2, -0.15) is 0 Å². The fraction of sp³-hybridized carbons (Fsp3) is 0.438. The molecule has 0 aliphatic carbocycles. The van der Waals surface area contributed by atoms with Crippen molar-refractivity contribution < 1.29 is 9.53 Å². The van der Waals surface area contributed by atoms with Gasteiger partial charge < -0.3 is 4.74 Å². The summed E-state index contributed by atoms with van der Waals surface area (Å²) in [6.45, 7) is 2.85. The highest BCUT2D eigenvalue weighted by molar-refractivity contribution is 9.10. The molecule has 1 saturated heterocycles. The molecule has 1 aliphatic rings. The lowest BCUT2D eigenvalue weighted by Gasteiger charge is -2.23. The fourth-order valence-corrected chi connectivity index (χ4v) is 3.40. The summed E-state index contributed by atoms with van der Waals surface area (Å²) in [5.74, 6) is 0.843. The average molecular weight is 365 g/mol. The van der Waals surface area contributed by atoms with Gasteiger partial charge in [-0.1, -0.05) is 15.9 Å². The second-order valence-electron chi connectivity index (χ2n) is 5.63. The highest BCUT2D eigenvalue weighted by Gasteiger charge is 2.22. The molecule has 0 bridgehead atoms. The normalized spacial score (nSPS) is 16.1. The molecule has 0 atom stereocenters. The van der Waals surface area contributed by atoms with Crippen molar-refractivity contribution in [2.24, 2.45) is 7.05 Å². The van der Waals surface area contributed by atoms with Crippen LogP contribution < -0.4 is 5.56 Å². The molecule has 2 heterocycles. The monoisotopic (exact) mass is 364 g/mol. The van der Waals surface area contributed by atoms with Crippen molar-refractivity contribution >= 4 is 32.6 Å². The zero-order chi connectivity index (χ0) is 15.9. The maximum atomic E-state index is 12.7. The molecule has 0 saturated carbocycles. The Labute approximate surface area is 136 Å². The Morgan fingerprint density at radius 2 is 2.05 bits per heavy atom. The topological polar surface area (TPSA) is 61.2 Å². The molecule has 3 rings (SSSR count). The lowest BCUT2D eigenvalue weighted by atomic mass is 9.98. The summed E-state index contributed by atoms with van der Waals surface area (Å²) in [5.41, 5.74) is 0.867. The smallest absolute Gasteiger partial charge is 0.261 e. The molecule has 6 heteroatoms. The minimum absolute atomic E-state index is 0.0926. The standard InChI is InChI=1S/C16H17BrN2O3/c1-9(20)12-7-11(17)8-13-14(12)18-15(19(2)16(13)21)10-3-5-22-6-4-10/h7-8,10H,3-6H2,1-2H3. The van der Waals surface area contributed by atoms with Gasteiger partial charge in [-0.25, -0.2) is 4.98 Å². The molecule has 1 aromatic heterocycles. The van der Waals surface area contributed by atoms with E-state index in [4.69, 9.17) is 4.74 Å². The van der Waals surface area contributed by atoms with Gasteiger partial charge in [0.1, 0.15) is 5.82 Å². The van der Waals surface area contributed by atoms with Crippen molar-refractivity contribution in [1.29, 1.82) is 0 Å². The van der Waals surface area contributed by atoms with Crippen LogP contribution in [0.3, 0.4) is 0 Å². The van der Waals surface area contributed by atoms with Crippen LogP contribution in [0.4, 0.5) is 0 Å². The van der Waals surface area contributed by atoms with Crippen molar-refractivity contribution in [1.82, 2.24) is 9.55 Å². The third-order valence-corrected chi connectivity index (χ3v) is 4.60. The second-order valence-corrected chi connectivity index (χ2v) is 6.54. The van der Waals surface area contributed by atoms with Gasteiger partial charge in [0.25, 0.3) is 5.56 Å². The van der Waals surface area contributed by atoms with Gasteiger partial charge >= 0.3 is 0 Å². The van der Waals surface area contributed by atoms with Gasteiger partial charge in [0, 0.05) is 36.2 Å². The minimum Gasteiger partial charge on any atom is -0.381 e. The number of fused-ring (bicyclic) bond motifs is 1. The average Bonchev–Trinajstić information content (AvgIpc) is 2.51. The predicted molar refractivity (Wildman–Crippen MR) is 87.5 cm³/mol. The molecular weight excluding hydrogens is 348 g/mol. The fourth-order valence-electron chi connectivity index (χ4n) is 2.95. The number of nitrogens with zero attached hydrogens (tertiary/aromatic N) is 2. The van der Waals surface area contributed by atoms with E-state index in [2.05, 4.69) is 20.9 Å². The van der Waals surface area contributed by atoms with E-state index in [1.165, 1.54) is 6.92 Å². The predicted octanol–water partition coefficient (Wildman–Crippen LogP) is 2.79. The first-order chi connectivity index (χ1) is 10.5. The molecule has 1 aliphatic heterocycles. The number of hydrogen-bond acceptors (Lipinski definition) is 4. The Morgan fingerprint density at radius 1 is 1.36 bits per heavy atom. The van der Waals surface area contributed by atoms with Crippen LogP contribution in [-0.2, 0) is 11.8 Å². The van der Waals surface area contributed by atoms with Crippen molar-refractivity contribution in [2.75, 3.05) is 13.2 Å². The molecule has 2 aromatic rings. The summed E-state index contributed by atoms with van der Waals surface area (Å²) in [7, 11) is 1.74. The van der Waals surface area contributed by atoms with Crippen LogP contribution in [0.1, 0.15) is 41.9 Å². The van der Waals surface area contributed by atoms with Gasteiger partial charge in [-0.05, 0) is 31.9 Å². The number of aromatic nitrogens is 2.